The summed E-state index contributed by atoms with van der Waals surface area (Å²) < 4.78 is 5.04. The average molecular weight is 182 g/mol. The first-order valence-electron chi connectivity index (χ1n) is 4.75. The van der Waals surface area contributed by atoms with Gasteiger partial charge in [-0.25, -0.2) is 0 Å². The Kier molecular flexibility index (Phi) is 2.79. The summed E-state index contributed by atoms with van der Waals surface area (Å²) in [4.78, 5) is 10.7. The molecule has 1 rings (SSSR count). The third-order valence-electron chi connectivity index (χ3n) is 3.23. The van der Waals surface area contributed by atoms with E-state index in [0.717, 1.165) is 6.42 Å². The van der Waals surface area contributed by atoms with Gasteiger partial charge >= 0.3 is 5.97 Å². The molecule has 0 fully saturated rings. The molecule has 1 atom stereocenters. The van der Waals surface area contributed by atoms with Crippen molar-refractivity contribution in [1.29, 1.82) is 0 Å². The van der Waals surface area contributed by atoms with E-state index in [4.69, 9.17) is 4.74 Å². The highest BCUT2D eigenvalue weighted by Crippen LogP contribution is 2.42. The molecule has 13 heavy (non-hydrogen) atoms. The van der Waals surface area contributed by atoms with E-state index in [-0.39, 0.29) is 11.4 Å². The minimum atomic E-state index is -0.180. The molecule has 0 saturated carbocycles. The number of hydrogen-bond donors (Lipinski definition) is 0. The molecule has 0 aromatic heterocycles. The third-order valence-corrected chi connectivity index (χ3v) is 3.23. The number of esters is 1. The lowest BCUT2D eigenvalue weighted by Gasteiger charge is -2.28. The van der Waals surface area contributed by atoms with Gasteiger partial charge in [0.25, 0.3) is 0 Å². The van der Waals surface area contributed by atoms with E-state index in [1.165, 1.54) is 12.5 Å². The van der Waals surface area contributed by atoms with Crippen molar-refractivity contribution in [2.24, 2.45) is 11.3 Å². The van der Waals surface area contributed by atoms with Gasteiger partial charge < -0.3 is 4.74 Å². The Labute approximate surface area is 80.0 Å². The first kappa shape index (κ1) is 10.3. The Hall–Kier alpha value is -0.790. The molecule has 0 amide bonds. The van der Waals surface area contributed by atoms with Crippen LogP contribution in [0.4, 0.5) is 0 Å². The maximum absolute atomic E-state index is 10.7. The van der Waals surface area contributed by atoms with E-state index < -0.39 is 0 Å². The maximum Gasteiger partial charge on any atom is 0.302 e. The third kappa shape index (κ3) is 2.11. The second-order valence-corrected chi connectivity index (χ2v) is 4.34. The van der Waals surface area contributed by atoms with Crippen LogP contribution in [0.25, 0.3) is 0 Å². The summed E-state index contributed by atoms with van der Waals surface area (Å²) in [5.74, 6) is 0.275. The molecule has 0 aromatic carbocycles. The molecule has 0 spiro atoms. The molecule has 1 aliphatic carbocycles. The van der Waals surface area contributed by atoms with Crippen LogP contribution < -0.4 is 0 Å². The fourth-order valence-electron chi connectivity index (χ4n) is 1.69. The van der Waals surface area contributed by atoms with Crippen LogP contribution in [0.3, 0.4) is 0 Å². The van der Waals surface area contributed by atoms with Gasteiger partial charge in [-0.15, -0.1) is 0 Å². The SMILES string of the molecule is CC(=O)OC[C@H]1CC=C(C)C1(C)C. The zero-order valence-electron chi connectivity index (χ0n) is 8.89. The van der Waals surface area contributed by atoms with Crippen LogP contribution in [-0.2, 0) is 9.53 Å². The van der Waals surface area contributed by atoms with Crippen LogP contribution in [0.5, 0.6) is 0 Å². The van der Waals surface area contributed by atoms with E-state index >= 15 is 0 Å². The molecule has 2 heteroatoms. The quantitative estimate of drug-likeness (QED) is 0.484. The van der Waals surface area contributed by atoms with Gasteiger partial charge in [-0.3, -0.25) is 4.79 Å². The first-order valence-corrected chi connectivity index (χ1v) is 4.75. The molecule has 0 saturated heterocycles. The molecular formula is C11H18O2. The Balaban J connectivity index is 2.51. The first-order chi connectivity index (χ1) is 5.94. The molecule has 0 heterocycles. The van der Waals surface area contributed by atoms with Crippen LogP contribution in [0, 0.1) is 11.3 Å². The summed E-state index contributed by atoms with van der Waals surface area (Å²) >= 11 is 0. The molecule has 0 aromatic rings. The van der Waals surface area contributed by atoms with Crippen LogP contribution >= 0.6 is 0 Å². The average Bonchev–Trinajstić information content (AvgIpc) is 2.25. The van der Waals surface area contributed by atoms with E-state index in [1.54, 1.807) is 0 Å². The van der Waals surface area contributed by atoms with Gasteiger partial charge in [0, 0.05) is 12.8 Å². The van der Waals surface area contributed by atoms with Crippen molar-refractivity contribution in [3.63, 3.8) is 0 Å². The molecule has 2 nitrogen and oxygen atoms in total. The zero-order chi connectivity index (χ0) is 10.1. The second-order valence-electron chi connectivity index (χ2n) is 4.34. The van der Waals surface area contributed by atoms with Gasteiger partial charge in [0.1, 0.15) is 0 Å². The number of ether oxygens (including phenoxy) is 1. The molecule has 0 bridgehead atoms. The van der Waals surface area contributed by atoms with Crippen LogP contribution in [0.2, 0.25) is 0 Å². The summed E-state index contributed by atoms with van der Waals surface area (Å²) in [5.41, 5.74) is 1.60. The summed E-state index contributed by atoms with van der Waals surface area (Å²) in [5, 5.41) is 0. The highest BCUT2D eigenvalue weighted by atomic mass is 16.5. The van der Waals surface area contributed by atoms with Gasteiger partial charge in [-0.05, 0) is 18.8 Å². The molecule has 0 aliphatic heterocycles. The molecule has 0 unspecified atom stereocenters. The van der Waals surface area contributed by atoms with Gasteiger partial charge in [0.05, 0.1) is 6.61 Å². The minimum absolute atomic E-state index is 0.180. The fourth-order valence-corrected chi connectivity index (χ4v) is 1.69. The Bertz CT molecular complexity index is 238. The largest absolute Gasteiger partial charge is 0.466 e. The molecule has 0 radical (unpaired) electrons. The lowest BCUT2D eigenvalue weighted by Crippen LogP contribution is -2.25. The highest BCUT2D eigenvalue weighted by molar-refractivity contribution is 5.65. The standard InChI is InChI=1S/C11H18O2/c1-8-5-6-10(11(8,3)4)7-13-9(2)12/h5,10H,6-7H2,1-4H3/t10-/m1/s1. The lowest BCUT2D eigenvalue weighted by atomic mass is 9.78. The Morgan fingerprint density at radius 3 is 2.69 bits per heavy atom. The normalized spacial score (nSPS) is 25.5. The van der Waals surface area contributed by atoms with Gasteiger partial charge in [0.15, 0.2) is 0 Å². The number of allylic oxidation sites excluding steroid dienone is 2. The fraction of sp³-hybridized carbons (Fsp3) is 0.727. The van der Waals surface area contributed by atoms with Crippen molar-refractivity contribution in [2.75, 3.05) is 6.61 Å². The van der Waals surface area contributed by atoms with Crippen LogP contribution in [0.1, 0.15) is 34.1 Å². The monoisotopic (exact) mass is 182 g/mol. The van der Waals surface area contributed by atoms with Crippen LogP contribution in [0.15, 0.2) is 11.6 Å². The van der Waals surface area contributed by atoms with Crippen molar-refractivity contribution in [3.8, 4) is 0 Å². The minimum Gasteiger partial charge on any atom is -0.466 e. The molecular weight excluding hydrogens is 164 g/mol. The van der Waals surface area contributed by atoms with E-state index in [0.29, 0.717) is 12.5 Å². The van der Waals surface area contributed by atoms with Gasteiger partial charge in [0.2, 0.25) is 0 Å². The number of hydrogen-bond acceptors (Lipinski definition) is 2. The predicted molar refractivity (Wildman–Crippen MR) is 52.3 cm³/mol. The summed E-state index contributed by atoms with van der Waals surface area (Å²) in [6.45, 7) is 8.58. The molecule has 74 valence electrons. The van der Waals surface area contributed by atoms with Gasteiger partial charge in [-0.2, -0.15) is 0 Å². The summed E-state index contributed by atoms with van der Waals surface area (Å²) in [6, 6.07) is 0. The van der Waals surface area contributed by atoms with Crippen molar-refractivity contribution < 1.29 is 9.53 Å². The topological polar surface area (TPSA) is 26.3 Å². The Morgan fingerprint density at radius 2 is 2.31 bits per heavy atom. The predicted octanol–water partition coefficient (Wildman–Crippen LogP) is 2.54. The Morgan fingerprint density at radius 1 is 1.69 bits per heavy atom. The zero-order valence-corrected chi connectivity index (χ0v) is 8.89. The van der Waals surface area contributed by atoms with E-state index in [9.17, 15) is 4.79 Å². The smallest absolute Gasteiger partial charge is 0.302 e. The summed E-state index contributed by atoms with van der Waals surface area (Å²) in [6.07, 6.45) is 3.28. The van der Waals surface area contributed by atoms with Gasteiger partial charge in [-0.1, -0.05) is 25.5 Å². The van der Waals surface area contributed by atoms with Crippen molar-refractivity contribution in [1.82, 2.24) is 0 Å². The van der Waals surface area contributed by atoms with Crippen molar-refractivity contribution in [3.05, 3.63) is 11.6 Å². The van der Waals surface area contributed by atoms with Crippen molar-refractivity contribution >= 4 is 5.97 Å². The van der Waals surface area contributed by atoms with E-state index in [1.807, 2.05) is 0 Å². The molecule has 1 aliphatic rings. The number of carbonyl (C=O) groups is 1. The van der Waals surface area contributed by atoms with E-state index in [2.05, 4.69) is 26.8 Å². The maximum atomic E-state index is 10.7. The molecule has 0 N–H and O–H groups in total. The second kappa shape index (κ2) is 3.52. The van der Waals surface area contributed by atoms with Crippen molar-refractivity contribution in [2.45, 2.75) is 34.1 Å². The summed E-state index contributed by atoms with van der Waals surface area (Å²) in [7, 11) is 0. The number of carbonyl (C=O) groups excluding carboxylic acids is 1. The number of rotatable bonds is 2. The highest BCUT2D eigenvalue weighted by Gasteiger charge is 2.35. The lowest BCUT2D eigenvalue weighted by molar-refractivity contribution is -0.143. The van der Waals surface area contributed by atoms with Crippen LogP contribution in [-0.4, -0.2) is 12.6 Å².